The average Bonchev–Trinajstić information content (AvgIpc) is 3.54. The Balaban J connectivity index is 1.11. The van der Waals surface area contributed by atoms with Crippen LogP contribution in [0.25, 0.3) is 44.5 Å². The summed E-state index contributed by atoms with van der Waals surface area (Å²) in [4.78, 5) is 2.21. The fraction of sp³-hybridized carbons (Fsp3) is 0.160. The number of nitrogens with zero attached hydrogens (tertiary/aromatic N) is 1. The van der Waals surface area contributed by atoms with Gasteiger partial charge in [-0.3, -0.25) is 0 Å². The van der Waals surface area contributed by atoms with Gasteiger partial charge in [-0.1, -0.05) is 118 Å². The number of aryl methyl sites for hydroxylation is 2. The molecule has 0 N–H and O–H groups in total. The average molecular weight is 730 g/mol. The molecule has 0 atom stereocenters. The van der Waals surface area contributed by atoms with E-state index in [-0.39, 0.29) is 11.1 Å². The maximum atomic E-state index is 16.2. The van der Waals surface area contributed by atoms with Crippen LogP contribution in [0.4, 0.5) is 34.6 Å². The first-order valence-electron chi connectivity index (χ1n) is 18.6. The molecule has 55 heavy (non-hydrogen) atoms. The molecule has 0 radical (unpaired) electrons. The molecule has 5 heteroatoms. The highest BCUT2D eigenvalue weighted by Crippen LogP contribution is 2.53. The van der Waals surface area contributed by atoms with Crippen LogP contribution in [0.3, 0.4) is 0 Å². The van der Waals surface area contributed by atoms with Crippen molar-refractivity contribution in [3.8, 4) is 44.5 Å². The molecule has 0 saturated carbocycles. The fourth-order valence-electron chi connectivity index (χ4n) is 8.85. The number of benzene rings is 7. The van der Waals surface area contributed by atoms with Crippen molar-refractivity contribution >= 4 is 17.1 Å². The Morgan fingerprint density at radius 2 is 0.745 bits per heavy atom. The van der Waals surface area contributed by atoms with E-state index in [1.807, 2.05) is 38.1 Å². The van der Waals surface area contributed by atoms with Gasteiger partial charge in [0.2, 0.25) is 0 Å². The Morgan fingerprint density at radius 1 is 0.382 bits per heavy atom. The van der Waals surface area contributed by atoms with Gasteiger partial charge in [0.1, 0.15) is 0 Å². The molecular weight excluding hydrogens is 691 g/mol. The quantitative estimate of drug-likeness (QED) is 0.126. The number of rotatable bonds is 5. The topological polar surface area (TPSA) is 3.24 Å². The van der Waals surface area contributed by atoms with Crippen LogP contribution in [0.1, 0.15) is 61.1 Å². The molecule has 0 heterocycles. The lowest BCUT2D eigenvalue weighted by molar-refractivity contribution is 0.463. The van der Waals surface area contributed by atoms with Crippen LogP contribution in [0.15, 0.2) is 127 Å². The third-order valence-corrected chi connectivity index (χ3v) is 11.9. The molecule has 272 valence electrons. The van der Waals surface area contributed by atoms with Gasteiger partial charge in [-0.05, 0) is 118 Å². The lowest BCUT2D eigenvalue weighted by Gasteiger charge is -2.28. The summed E-state index contributed by atoms with van der Waals surface area (Å²) < 4.78 is 64.9. The summed E-state index contributed by atoms with van der Waals surface area (Å²) in [5, 5.41) is 0. The highest BCUT2D eigenvalue weighted by atomic mass is 19.2. The predicted molar refractivity (Wildman–Crippen MR) is 216 cm³/mol. The number of anilines is 3. The zero-order chi connectivity index (χ0) is 38.6. The van der Waals surface area contributed by atoms with Crippen molar-refractivity contribution in [3.05, 3.63) is 184 Å². The first-order valence-corrected chi connectivity index (χ1v) is 18.6. The molecule has 0 amide bonds. The minimum absolute atomic E-state index is 0.0747. The fourth-order valence-corrected chi connectivity index (χ4v) is 8.85. The van der Waals surface area contributed by atoms with Crippen LogP contribution in [0.5, 0.6) is 0 Å². The molecule has 0 unspecified atom stereocenters. The number of fused-ring (bicyclic) bond motifs is 6. The van der Waals surface area contributed by atoms with E-state index in [9.17, 15) is 0 Å². The third-order valence-electron chi connectivity index (χ3n) is 11.9. The van der Waals surface area contributed by atoms with Crippen molar-refractivity contribution in [1.82, 2.24) is 0 Å². The van der Waals surface area contributed by atoms with Crippen molar-refractivity contribution in [2.45, 2.75) is 52.4 Å². The lowest BCUT2D eigenvalue weighted by atomic mass is 9.81. The molecule has 0 bridgehead atoms. The predicted octanol–water partition coefficient (Wildman–Crippen LogP) is 14.3. The molecule has 1 nitrogen and oxygen atoms in total. The molecule has 0 aromatic heterocycles. The molecule has 0 spiro atoms. The van der Waals surface area contributed by atoms with Crippen molar-refractivity contribution in [2.24, 2.45) is 0 Å². The van der Waals surface area contributed by atoms with Crippen LogP contribution in [0, 0.1) is 37.1 Å². The van der Waals surface area contributed by atoms with E-state index in [1.165, 1.54) is 0 Å². The molecule has 0 saturated heterocycles. The van der Waals surface area contributed by atoms with Gasteiger partial charge in [0, 0.05) is 27.9 Å². The number of halogens is 4. The largest absolute Gasteiger partial charge is 0.310 e. The molecule has 0 fully saturated rings. The van der Waals surface area contributed by atoms with Gasteiger partial charge < -0.3 is 4.90 Å². The van der Waals surface area contributed by atoms with Crippen LogP contribution >= 0.6 is 0 Å². The van der Waals surface area contributed by atoms with E-state index in [0.717, 1.165) is 72.7 Å². The molecule has 9 rings (SSSR count). The molecule has 7 aromatic rings. The third kappa shape index (κ3) is 5.20. The monoisotopic (exact) mass is 729 g/mol. The Morgan fingerprint density at radius 3 is 1.22 bits per heavy atom. The minimum Gasteiger partial charge on any atom is -0.310 e. The summed E-state index contributed by atoms with van der Waals surface area (Å²) in [5.74, 6) is -5.66. The molecule has 7 aromatic carbocycles. The van der Waals surface area contributed by atoms with E-state index in [4.69, 9.17) is 0 Å². The van der Waals surface area contributed by atoms with Crippen molar-refractivity contribution < 1.29 is 17.6 Å². The summed E-state index contributed by atoms with van der Waals surface area (Å²) in [6, 6.07) is 41.1. The summed E-state index contributed by atoms with van der Waals surface area (Å²) in [7, 11) is 0. The second-order valence-corrected chi connectivity index (χ2v) is 16.1. The first-order chi connectivity index (χ1) is 26.3. The van der Waals surface area contributed by atoms with Gasteiger partial charge in [-0.25, -0.2) is 17.6 Å². The maximum absolute atomic E-state index is 16.2. The Hall–Kier alpha value is -5.94. The summed E-state index contributed by atoms with van der Waals surface area (Å²) in [6.45, 7) is 12.3. The van der Waals surface area contributed by atoms with Crippen molar-refractivity contribution in [2.75, 3.05) is 4.90 Å². The van der Waals surface area contributed by atoms with Gasteiger partial charge in [0.15, 0.2) is 23.3 Å². The second kappa shape index (κ2) is 12.3. The number of hydrogen-bond donors (Lipinski definition) is 0. The Kier molecular flexibility index (Phi) is 7.78. The Labute approximate surface area is 319 Å². The normalized spacial score (nSPS) is 14.3. The highest BCUT2D eigenvalue weighted by molar-refractivity contribution is 5.88. The molecule has 2 aliphatic carbocycles. The van der Waals surface area contributed by atoms with Crippen LogP contribution in [0.2, 0.25) is 0 Å². The first kappa shape index (κ1) is 34.8. The van der Waals surface area contributed by atoms with Gasteiger partial charge in [0.25, 0.3) is 0 Å². The van der Waals surface area contributed by atoms with Gasteiger partial charge in [-0.15, -0.1) is 0 Å². The van der Waals surface area contributed by atoms with E-state index < -0.39 is 45.2 Å². The number of hydrogen-bond acceptors (Lipinski definition) is 1. The lowest BCUT2D eigenvalue weighted by Crippen LogP contribution is -2.17. The van der Waals surface area contributed by atoms with Crippen LogP contribution in [-0.2, 0) is 10.8 Å². The molecule has 0 aliphatic heterocycles. The maximum Gasteiger partial charge on any atom is 0.170 e. The summed E-state index contributed by atoms with van der Waals surface area (Å²) in [5.41, 5.74) is 10.7. The van der Waals surface area contributed by atoms with E-state index in [0.29, 0.717) is 0 Å². The highest BCUT2D eigenvalue weighted by Gasteiger charge is 2.39. The molecular formula is C50H39F4N. The van der Waals surface area contributed by atoms with Crippen molar-refractivity contribution in [1.29, 1.82) is 0 Å². The van der Waals surface area contributed by atoms with E-state index in [1.54, 1.807) is 36.4 Å². The van der Waals surface area contributed by atoms with Crippen molar-refractivity contribution in [3.63, 3.8) is 0 Å². The Bertz CT molecular complexity index is 2630. The summed E-state index contributed by atoms with van der Waals surface area (Å²) >= 11 is 0. The zero-order valence-electron chi connectivity index (χ0n) is 31.6. The van der Waals surface area contributed by atoms with E-state index >= 15 is 17.6 Å². The second-order valence-electron chi connectivity index (χ2n) is 16.1. The standard InChI is InChI=1S/C50H39F4N/c1-28-11-17-32(18-12-28)55(33-19-13-29(2)14-20-33)34-21-24-38-37-23-16-31(26-41(37)50(5,6)42(38)27-34)44-47(53)45(51)43(46(52)48(44)54)30-15-22-36-35-9-7-8-10-39(35)49(3,4)40(36)25-30/h7-27H,1-6H3. The minimum atomic E-state index is -1.42. The van der Waals surface area contributed by atoms with E-state index in [2.05, 4.69) is 99.3 Å². The smallest absolute Gasteiger partial charge is 0.170 e. The van der Waals surface area contributed by atoms with Gasteiger partial charge >= 0.3 is 0 Å². The zero-order valence-corrected chi connectivity index (χ0v) is 31.6. The molecule has 2 aliphatic rings. The van der Waals surface area contributed by atoms with Gasteiger partial charge in [-0.2, -0.15) is 0 Å². The van der Waals surface area contributed by atoms with Crippen LogP contribution in [-0.4, -0.2) is 0 Å². The summed E-state index contributed by atoms with van der Waals surface area (Å²) in [6.07, 6.45) is 0. The van der Waals surface area contributed by atoms with Crippen LogP contribution < -0.4 is 4.90 Å². The SMILES string of the molecule is Cc1ccc(N(c2ccc(C)cc2)c2ccc3c(c2)C(C)(C)c2cc(-c4c(F)c(F)c(-c5ccc6c(c5)C(C)(C)c5ccccc5-6)c(F)c4F)ccc2-3)cc1. The van der Waals surface area contributed by atoms with Gasteiger partial charge in [0.05, 0.1) is 11.1 Å².